The molecule has 0 unspecified atom stereocenters. The van der Waals surface area contributed by atoms with E-state index in [4.69, 9.17) is 0 Å². The number of nitrogens with one attached hydrogen (secondary N) is 1. The van der Waals surface area contributed by atoms with Crippen molar-refractivity contribution in [1.29, 1.82) is 0 Å². The molecule has 5 nitrogen and oxygen atoms in total. The monoisotopic (exact) mass is 438 g/mol. The molecule has 0 radical (unpaired) electrons. The van der Waals surface area contributed by atoms with Crippen LogP contribution in [0.1, 0.15) is 18.1 Å². The topological polar surface area (TPSA) is 48.5 Å². The number of alkyl halides is 3. The highest BCUT2D eigenvalue weighted by molar-refractivity contribution is 7.99. The zero-order valence-electron chi connectivity index (χ0n) is 17.0. The number of aryl methyl sites for hydroxylation is 1. The fourth-order valence-corrected chi connectivity index (χ4v) is 3.91. The molecule has 1 aromatic heterocycles. The number of rotatable bonds is 6. The van der Waals surface area contributed by atoms with Crippen LogP contribution in [0, 0.1) is 6.92 Å². The third-order valence-electron chi connectivity index (χ3n) is 5.08. The molecule has 3 rings (SSSR count). The minimum absolute atomic E-state index is 0.0680. The van der Waals surface area contributed by atoms with Gasteiger partial charge < -0.3 is 15.1 Å². The average molecular weight is 439 g/mol. The van der Waals surface area contributed by atoms with E-state index in [0.717, 1.165) is 73.7 Å². The summed E-state index contributed by atoms with van der Waals surface area (Å²) in [5.74, 6) is -0.160. The predicted octanol–water partition coefficient (Wildman–Crippen LogP) is 4.28. The maximum absolute atomic E-state index is 12.6. The van der Waals surface area contributed by atoms with Gasteiger partial charge in [0.05, 0.1) is 16.3 Å². The van der Waals surface area contributed by atoms with E-state index >= 15 is 0 Å². The number of amides is 1. The number of carbonyl (C=O) groups excluding carboxylic acids is 1. The van der Waals surface area contributed by atoms with Gasteiger partial charge in [0.2, 0.25) is 5.91 Å². The number of halogens is 3. The molecule has 1 saturated heterocycles. The molecule has 0 saturated carbocycles. The minimum atomic E-state index is -4.42. The lowest BCUT2D eigenvalue weighted by Gasteiger charge is -2.35. The van der Waals surface area contributed by atoms with Gasteiger partial charge in [0.25, 0.3) is 0 Å². The van der Waals surface area contributed by atoms with E-state index in [-0.39, 0.29) is 11.7 Å². The average Bonchev–Trinajstić information content (AvgIpc) is 2.73. The first kappa shape index (κ1) is 22.4. The molecule has 162 valence electrons. The van der Waals surface area contributed by atoms with Gasteiger partial charge in [-0.15, -0.1) is 0 Å². The number of thioether (sulfide) groups is 1. The molecule has 0 bridgehead atoms. The van der Waals surface area contributed by atoms with Gasteiger partial charge in [-0.2, -0.15) is 13.2 Å². The number of carbonyl (C=O) groups is 1. The van der Waals surface area contributed by atoms with Gasteiger partial charge in [-0.25, -0.2) is 4.98 Å². The maximum Gasteiger partial charge on any atom is 0.417 e. The highest BCUT2D eigenvalue weighted by atomic mass is 32.2. The lowest BCUT2D eigenvalue weighted by molar-refractivity contribution is -0.137. The van der Waals surface area contributed by atoms with Crippen molar-refractivity contribution >= 4 is 29.0 Å². The van der Waals surface area contributed by atoms with Gasteiger partial charge in [0.1, 0.15) is 0 Å². The Kier molecular flexibility index (Phi) is 7.25. The van der Waals surface area contributed by atoms with E-state index < -0.39 is 11.7 Å². The van der Waals surface area contributed by atoms with Crippen LogP contribution in [0.25, 0.3) is 0 Å². The van der Waals surface area contributed by atoms with Gasteiger partial charge >= 0.3 is 6.18 Å². The molecule has 1 aromatic carbocycles. The van der Waals surface area contributed by atoms with Crippen LogP contribution in [0.3, 0.4) is 0 Å². The summed E-state index contributed by atoms with van der Waals surface area (Å²) >= 11 is 1.10. The summed E-state index contributed by atoms with van der Waals surface area (Å²) in [6, 6.07) is 8.22. The van der Waals surface area contributed by atoms with Gasteiger partial charge in [-0.1, -0.05) is 18.7 Å². The molecule has 0 aliphatic carbocycles. The van der Waals surface area contributed by atoms with Crippen molar-refractivity contribution in [2.45, 2.75) is 25.0 Å². The Morgan fingerprint density at radius 3 is 2.47 bits per heavy atom. The fraction of sp³-hybridized carbons (Fsp3) is 0.429. The normalized spacial score (nSPS) is 15.3. The van der Waals surface area contributed by atoms with Crippen molar-refractivity contribution in [3.8, 4) is 0 Å². The Bertz CT molecular complexity index is 866. The smallest absolute Gasteiger partial charge is 0.369 e. The van der Waals surface area contributed by atoms with Crippen LogP contribution in [0.15, 0.2) is 41.6 Å². The SMILES string of the molecule is CCN1CCN(c2ccc(NC(=O)CSc3ccc(C(F)(F)F)cn3)c(C)c2)CC1. The zero-order chi connectivity index (χ0) is 21.7. The summed E-state index contributed by atoms with van der Waals surface area (Å²) in [5.41, 5.74) is 2.04. The summed E-state index contributed by atoms with van der Waals surface area (Å²) in [5, 5.41) is 3.24. The minimum Gasteiger partial charge on any atom is -0.369 e. The molecule has 0 atom stereocenters. The Labute approximate surface area is 178 Å². The van der Waals surface area contributed by atoms with Crippen molar-refractivity contribution in [1.82, 2.24) is 9.88 Å². The molecule has 1 aliphatic rings. The quantitative estimate of drug-likeness (QED) is 0.683. The van der Waals surface area contributed by atoms with Gasteiger partial charge in [0, 0.05) is 43.8 Å². The zero-order valence-corrected chi connectivity index (χ0v) is 17.8. The van der Waals surface area contributed by atoms with Crippen LogP contribution in [-0.2, 0) is 11.0 Å². The lowest BCUT2D eigenvalue weighted by atomic mass is 10.1. The van der Waals surface area contributed by atoms with Crippen LogP contribution in [0.4, 0.5) is 24.5 Å². The van der Waals surface area contributed by atoms with E-state index in [9.17, 15) is 18.0 Å². The molecule has 0 spiro atoms. The summed E-state index contributed by atoms with van der Waals surface area (Å²) in [6.45, 7) is 9.24. The molecule has 2 aromatic rings. The largest absolute Gasteiger partial charge is 0.417 e. The van der Waals surface area contributed by atoms with E-state index in [1.807, 2.05) is 19.1 Å². The highest BCUT2D eigenvalue weighted by Crippen LogP contribution is 2.29. The van der Waals surface area contributed by atoms with Crippen LogP contribution in [-0.4, -0.2) is 54.3 Å². The molecular weight excluding hydrogens is 413 g/mol. The van der Waals surface area contributed by atoms with Crippen molar-refractivity contribution in [2.24, 2.45) is 0 Å². The fourth-order valence-electron chi connectivity index (χ4n) is 3.27. The van der Waals surface area contributed by atoms with Crippen LogP contribution in [0.2, 0.25) is 0 Å². The number of benzene rings is 1. The highest BCUT2D eigenvalue weighted by Gasteiger charge is 2.30. The van der Waals surface area contributed by atoms with E-state index in [0.29, 0.717) is 5.03 Å². The summed E-state index contributed by atoms with van der Waals surface area (Å²) in [4.78, 5) is 20.8. The maximum atomic E-state index is 12.6. The summed E-state index contributed by atoms with van der Waals surface area (Å²) in [6.07, 6.45) is -3.63. The number of anilines is 2. The Balaban J connectivity index is 1.53. The van der Waals surface area contributed by atoms with Gasteiger partial charge in [0.15, 0.2) is 0 Å². The number of likely N-dealkylation sites (N-methyl/N-ethyl adjacent to an activating group) is 1. The van der Waals surface area contributed by atoms with Gasteiger partial charge in [-0.05, 0) is 49.4 Å². The molecule has 30 heavy (non-hydrogen) atoms. The Morgan fingerprint density at radius 2 is 1.90 bits per heavy atom. The second kappa shape index (κ2) is 9.70. The van der Waals surface area contributed by atoms with Crippen LogP contribution >= 0.6 is 11.8 Å². The number of aromatic nitrogens is 1. The first-order valence-electron chi connectivity index (χ1n) is 9.80. The standard InChI is InChI=1S/C21H25F3N4OS/c1-3-27-8-10-28(11-9-27)17-5-6-18(15(2)12-17)26-19(29)14-30-20-7-4-16(13-25-20)21(22,23)24/h4-7,12-13H,3,8-11,14H2,1-2H3,(H,26,29). The third kappa shape index (κ3) is 5.89. The Hall–Kier alpha value is -2.26. The lowest BCUT2D eigenvalue weighted by Crippen LogP contribution is -2.46. The first-order valence-corrected chi connectivity index (χ1v) is 10.8. The van der Waals surface area contributed by atoms with E-state index in [1.165, 1.54) is 6.07 Å². The second-order valence-corrected chi connectivity index (χ2v) is 8.14. The van der Waals surface area contributed by atoms with E-state index in [1.54, 1.807) is 0 Å². The van der Waals surface area contributed by atoms with Crippen LogP contribution < -0.4 is 10.2 Å². The first-order chi connectivity index (χ1) is 14.3. The van der Waals surface area contributed by atoms with E-state index in [2.05, 4.69) is 33.1 Å². The van der Waals surface area contributed by atoms with Crippen molar-refractivity contribution in [2.75, 3.05) is 48.7 Å². The Morgan fingerprint density at radius 1 is 1.17 bits per heavy atom. The van der Waals surface area contributed by atoms with Crippen molar-refractivity contribution in [3.63, 3.8) is 0 Å². The number of nitrogens with zero attached hydrogens (tertiary/aromatic N) is 3. The van der Waals surface area contributed by atoms with Crippen LogP contribution in [0.5, 0.6) is 0 Å². The molecular formula is C21H25F3N4OS. The summed E-state index contributed by atoms with van der Waals surface area (Å²) < 4.78 is 37.7. The number of hydrogen-bond acceptors (Lipinski definition) is 5. The molecule has 1 aliphatic heterocycles. The number of piperazine rings is 1. The predicted molar refractivity (Wildman–Crippen MR) is 114 cm³/mol. The third-order valence-corrected chi connectivity index (χ3v) is 6.03. The van der Waals surface area contributed by atoms with Crippen molar-refractivity contribution < 1.29 is 18.0 Å². The van der Waals surface area contributed by atoms with Crippen molar-refractivity contribution in [3.05, 3.63) is 47.7 Å². The molecule has 2 heterocycles. The molecule has 1 fully saturated rings. The molecule has 9 heteroatoms. The number of hydrogen-bond donors (Lipinski definition) is 1. The summed E-state index contributed by atoms with van der Waals surface area (Å²) in [7, 11) is 0. The molecule has 1 N–H and O–H groups in total. The van der Waals surface area contributed by atoms with Gasteiger partial charge in [-0.3, -0.25) is 4.79 Å². The molecule has 1 amide bonds. The number of pyridine rings is 1. The second-order valence-electron chi connectivity index (χ2n) is 7.14.